The molecule has 13 nitrogen and oxygen atoms in total. The van der Waals surface area contributed by atoms with E-state index in [1.54, 1.807) is 24.0 Å². The molecule has 0 amide bonds. The van der Waals surface area contributed by atoms with Crippen molar-refractivity contribution in [3.8, 4) is 28.0 Å². The van der Waals surface area contributed by atoms with Crippen LogP contribution in [0, 0.1) is 18.3 Å². The van der Waals surface area contributed by atoms with E-state index < -0.39 is 11.7 Å². The fourth-order valence-corrected chi connectivity index (χ4v) is 7.48. The number of piperazine rings is 1. The molecule has 6 N–H and O–H groups in total. The molecule has 0 spiro atoms. The van der Waals surface area contributed by atoms with Gasteiger partial charge in [-0.15, -0.1) is 0 Å². The van der Waals surface area contributed by atoms with Gasteiger partial charge in [0.2, 0.25) is 0 Å². The van der Waals surface area contributed by atoms with Crippen LogP contribution in [0.4, 0.5) is 17.2 Å². The van der Waals surface area contributed by atoms with E-state index in [1.165, 1.54) is 6.21 Å². The lowest BCUT2D eigenvalue weighted by Gasteiger charge is -2.29. The molecule has 3 unspecified atom stereocenters. The number of nitrogens with two attached hydrogens (primary N) is 1. The third-order valence-electron chi connectivity index (χ3n) is 10.1. The van der Waals surface area contributed by atoms with Gasteiger partial charge in [-0.25, -0.2) is 4.79 Å². The second-order valence-corrected chi connectivity index (χ2v) is 13.6. The molecule has 2 saturated heterocycles. The van der Waals surface area contributed by atoms with Gasteiger partial charge in [0.1, 0.15) is 30.4 Å². The zero-order valence-electron chi connectivity index (χ0n) is 29.0. The molecule has 51 heavy (non-hydrogen) atoms. The summed E-state index contributed by atoms with van der Waals surface area (Å²) in [6, 6.07) is 13.4. The van der Waals surface area contributed by atoms with E-state index in [0.29, 0.717) is 51.8 Å². The topological polar surface area (TPSA) is 184 Å². The number of nitrogen functional groups attached to an aromatic ring is 1. The predicted molar refractivity (Wildman–Crippen MR) is 199 cm³/mol. The van der Waals surface area contributed by atoms with Crippen LogP contribution in [0.1, 0.15) is 53.5 Å². The van der Waals surface area contributed by atoms with Crippen molar-refractivity contribution in [2.24, 2.45) is 5.92 Å². The standard InChI is InChI=1S/C38H41N9O4/c1-20(2)33(18-49)47-16-29(32(17-48)45-47)25-7-6-22(11-31(25)41-4)19-51-36-26(34-21(3)5-10-30(40)28(34)13-39)8-9-27-35(36)43-38(50)44-37(27)46-15-23-12-24(46)14-42-23/h5-11,13,16-18,20,23-24,33,39,41-42H,12,14-15,19,40H2,1-4H3,(H,43,44,50). The quantitative estimate of drug-likeness (QED) is 0.0699. The molecule has 0 radical (unpaired) electrons. The minimum Gasteiger partial charge on any atom is -0.486 e. The lowest BCUT2D eigenvalue weighted by molar-refractivity contribution is -0.111. The molecule has 262 valence electrons. The Morgan fingerprint density at radius 3 is 2.61 bits per heavy atom. The van der Waals surface area contributed by atoms with Crippen molar-refractivity contribution in [1.29, 1.82) is 5.41 Å². The van der Waals surface area contributed by atoms with Crippen LogP contribution < -0.4 is 31.7 Å². The van der Waals surface area contributed by atoms with Crippen molar-refractivity contribution in [3.05, 3.63) is 81.5 Å². The highest BCUT2D eigenvalue weighted by atomic mass is 16.5. The van der Waals surface area contributed by atoms with E-state index >= 15 is 0 Å². The van der Waals surface area contributed by atoms with Gasteiger partial charge in [0, 0.05) is 83.6 Å². The predicted octanol–water partition coefficient (Wildman–Crippen LogP) is 4.72. The molecule has 2 fully saturated rings. The number of fused-ring (bicyclic) bond motifs is 3. The van der Waals surface area contributed by atoms with Crippen molar-refractivity contribution in [1.82, 2.24) is 25.1 Å². The van der Waals surface area contributed by atoms with E-state index in [4.69, 9.17) is 15.9 Å². The maximum absolute atomic E-state index is 13.2. The van der Waals surface area contributed by atoms with Gasteiger partial charge in [-0.2, -0.15) is 10.1 Å². The van der Waals surface area contributed by atoms with Crippen molar-refractivity contribution in [3.63, 3.8) is 0 Å². The minimum atomic E-state index is -0.505. The van der Waals surface area contributed by atoms with E-state index in [9.17, 15) is 14.4 Å². The normalized spacial score (nSPS) is 17.2. The monoisotopic (exact) mass is 687 g/mol. The number of carbonyl (C=O) groups is 2. The van der Waals surface area contributed by atoms with E-state index in [2.05, 4.69) is 30.6 Å². The van der Waals surface area contributed by atoms with Gasteiger partial charge in [-0.3, -0.25) is 9.48 Å². The number of nitrogens with one attached hydrogen (secondary N) is 4. The Labute approximate surface area is 294 Å². The first-order valence-corrected chi connectivity index (χ1v) is 17.1. The molecule has 0 aliphatic carbocycles. The van der Waals surface area contributed by atoms with Crippen molar-refractivity contribution < 1.29 is 14.3 Å². The summed E-state index contributed by atoms with van der Waals surface area (Å²) < 4.78 is 8.25. The molecule has 2 bridgehead atoms. The molecule has 3 atom stereocenters. The summed E-state index contributed by atoms with van der Waals surface area (Å²) in [7, 11) is 1.79. The average molecular weight is 688 g/mol. The summed E-state index contributed by atoms with van der Waals surface area (Å²) in [4.78, 5) is 46.7. The average Bonchev–Trinajstić information content (AvgIpc) is 3.88. The number of anilines is 3. The smallest absolute Gasteiger partial charge is 0.347 e. The zero-order chi connectivity index (χ0) is 36.0. The third kappa shape index (κ3) is 5.92. The van der Waals surface area contributed by atoms with E-state index in [-0.39, 0.29) is 24.3 Å². The largest absolute Gasteiger partial charge is 0.486 e. The van der Waals surface area contributed by atoms with Gasteiger partial charge in [0.25, 0.3) is 0 Å². The highest BCUT2D eigenvalue weighted by Gasteiger charge is 2.39. The number of carbonyl (C=O) groups excluding carboxylic acids is 2. The van der Waals surface area contributed by atoms with Crippen molar-refractivity contribution in [2.75, 3.05) is 36.1 Å². The van der Waals surface area contributed by atoms with Crippen LogP contribution in [0.5, 0.6) is 5.75 Å². The summed E-state index contributed by atoms with van der Waals surface area (Å²) in [5, 5.41) is 20.1. The van der Waals surface area contributed by atoms with Gasteiger partial charge in [-0.05, 0) is 60.2 Å². The molecule has 0 saturated carbocycles. The zero-order valence-corrected chi connectivity index (χ0v) is 29.0. The fraction of sp³-hybridized carbons (Fsp3) is 0.316. The van der Waals surface area contributed by atoms with Gasteiger partial charge in [0.05, 0.1) is 5.52 Å². The maximum atomic E-state index is 13.2. The molecular formula is C38H41N9O4. The highest BCUT2D eigenvalue weighted by molar-refractivity contribution is 6.03. The van der Waals surface area contributed by atoms with Crippen LogP contribution in [0.3, 0.4) is 0 Å². The number of benzene rings is 3. The number of aryl methyl sites for hydroxylation is 1. The Morgan fingerprint density at radius 2 is 1.94 bits per heavy atom. The van der Waals surface area contributed by atoms with Crippen molar-refractivity contribution in [2.45, 2.75) is 51.9 Å². The molecule has 2 aliphatic heterocycles. The van der Waals surface area contributed by atoms with Gasteiger partial charge in [-0.1, -0.05) is 32.0 Å². The SMILES string of the molecule is CNc1cc(COc2c(-c3c(C)ccc(N)c3C=N)ccc3c(N4CC5CC4CN5)nc(=O)[nH]c23)ccc1-c1cn(C(C=O)C(C)C)nc1C=O. The highest BCUT2D eigenvalue weighted by Crippen LogP contribution is 2.43. The Morgan fingerprint density at radius 1 is 1.14 bits per heavy atom. The minimum absolute atomic E-state index is 0.00696. The molecule has 2 aliphatic rings. The maximum Gasteiger partial charge on any atom is 0.347 e. The summed E-state index contributed by atoms with van der Waals surface area (Å²) in [6.07, 6.45) is 5.51. The van der Waals surface area contributed by atoms with E-state index in [1.807, 2.05) is 57.2 Å². The first-order valence-electron chi connectivity index (χ1n) is 17.1. The summed E-state index contributed by atoms with van der Waals surface area (Å²) in [5.74, 6) is 1.06. The number of nitrogens with zero attached hydrogens (tertiary/aromatic N) is 4. The summed E-state index contributed by atoms with van der Waals surface area (Å²) in [5.41, 5.74) is 12.9. The first kappa shape index (κ1) is 33.7. The van der Waals surface area contributed by atoms with Crippen LogP contribution in [0.15, 0.2) is 53.5 Å². The lowest BCUT2D eigenvalue weighted by atomic mass is 9.92. The van der Waals surface area contributed by atoms with E-state index in [0.717, 1.165) is 59.1 Å². The Bertz CT molecular complexity index is 2240. The Balaban J connectivity index is 1.32. The van der Waals surface area contributed by atoms with Gasteiger partial charge in [0.15, 0.2) is 12.0 Å². The van der Waals surface area contributed by atoms with Crippen LogP contribution >= 0.6 is 0 Å². The summed E-state index contributed by atoms with van der Waals surface area (Å²) in [6.45, 7) is 7.53. The number of H-pyrrole nitrogens is 1. The van der Waals surface area contributed by atoms with Gasteiger partial charge >= 0.3 is 5.69 Å². The summed E-state index contributed by atoms with van der Waals surface area (Å²) >= 11 is 0. The second-order valence-electron chi connectivity index (χ2n) is 13.6. The number of aldehydes is 2. The number of rotatable bonds is 12. The molecule has 2 aromatic heterocycles. The fourth-order valence-electron chi connectivity index (χ4n) is 7.48. The molecule has 5 aromatic rings. The van der Waals surface area contributed by atoms with Crippen molar-refractivity contribution >= 4 is 46.9 Å². The molecule has 3 aromatic carbocycles. The molecule has 7 rings (SSSR count). The number of hydrogen-bond acceptors (Lipinski definition) is 11. The first-order chi connectivity index (χ1) is 24.6. The third-order valence-corrected chi connectivity index (χ3v) is 10.1. The van der Waals surface area contributed by atoms with Crippen LogP contribution in [-0.4, -0.2) is 70.8 Å². The van der Waals surface area contributed by atoms with Gasteiger partial charge < -0.3 is 41.2 Å². The van der Waals surface area contributed by atoms with Crippen LogP contribution in [-0.2, 0) is 11.4 Å². The number of hydrogen-bond donors (Lipinski definition) is 5. The molecule has 4 heterocycles. The number of aromatic nitrogens is 4. The molecular weight excluding hydrogens is 646 g/mol. The second kappa shape index (κ2) is 13.5. The Kier molecular flexibility index (Phi) is 8.90. The number of aromatic amines is 1. The lowest BCUT2D eigenvalue weighted by Crippen LogP contribution is -2.44. The van der Waals surface area contributed by atoms with Crippen LogP contribution in [0.25, 0.3) is 33.2 Å². The molecule has 13 heteroatoms. The van der Waals surface area contributed by atoms with Crippen LogP contribution in [0.2, 0.25) is 0 Å². The number of ether oxygens (including phenoxy) is 1. The Hall–Kier alpha value is -5.82.